The quantitative estimate of drug-likeness (QED) is 0.842. The fourth-order valence-corrected chi connectivity index (χ4v) is 2.73. The molecule has 1 heterocycles. The van der Waals surface area contributed by atoms with Gasteiger partial charge in [0.25, 0.3) is 5.91 Å². The van der Waals surface area contributed by atoms with E-state index in [1.54, 1.807) is 11.3 Å². The number of carbonyl (C=O) groups excluding carboxylic acids is 1. The Labute approximate surface area is 117 Å². The molecule has 0 saturated carbocycles. The Morgan fingerprint density at radius 2 is 1.95 bits per heavy atom. The van der Waals surface area contributed by atoms with Gasteiger partial charge in [-0.1, -0.05) is 12.1 Å². The average molecular weight is 274 g/mol. The van der Waals surface area contributed by atoms with Crippen molar-refractivity contribution in [1.29, 1.82) is 0 Å². The van der Waals surface area contributed by atoms with Gasteiger partial charge in [0.15, 0.2) is 0 Å². The molecule has 3 N–H and O–H groups in total. The number of amides is 1. The number of nitrogens with one attached hydrogen (secondary N) is 1. The molecule has 1 aromatic heterocycles. The standard InChI is InChI=1S/C15H18N2OS/c1-10-9-14(19-11(10)2)15(18)17-8-7-12-3-5-13(16)6-4-12/h3-6,9H,7-8,16H2,1-2H3,(H,17,18). The molecule has 0 saturated heterocycles. The molecular weight excluding hydrogens is 256 g/mol. The number of benzene rings is 1. The van der Waals surface area contributed by atoms with Gasteiger partial charge in [0, 0.05) is 17.1 Å². The highest BCUT2D eigenvalue weighted by Crippen LogP contribution is 2.20. The molecule has 3 nitrogen and oxygen atoms in total. The zero-order valence-electron chi connectivity index (χ0n) is 11.2. The van der Waals surface area contributed by atoms with E-state index in [0.717, 1.165) is 17.0 Å². The van der Waals surface area contributed by atoms with Crippen molar-refractivity contribution in [1.82, 2.24) is 5.32 Å². The zero-order valence-corrected chi connectivity index (χ0v) is 12.0. The fourth-order valence-electron chi connectivity index (χ4n) is 1.78. The number of hydrogen-bond acceptors (Lipinski definition) is 3. The SMILES string of the molecule is Cc1cc(C(=O)NCCc2ccc(N)cc2)sc1C. The van der Waals surface area contributed by atoms with Crippen LogP contribution in [0.4, 0.5) is 5.69 Å². The number of thiophene rings is 1. The molecule has 0 bridgehead atoms. The first-order valence-corrected chi connectivity index (χ1v) is 7.07. The third-order valence-corrected chi connectivity index (χ3v) is 4.22. The average Bonchev–Trinajstić information content (AvgIpc) is 2.72. The van der Waals surface area contributed by atoms with Crippen LogP contribution in [0, 0.1) is 13.8 Å². The molecule has 0 unspecified atom stereocenters. The highest BCUT2D eigenvalue weighted by atomic mass is 32.1. The van der Waals surface area contributed by atoms with Gasteiger partial charge < -0.3 is 11.1 Å². The van der Waals surface area contributed by atoms with Crippen molar-refractivity contribution in [2.75, 3.05) is 12.3 Å². The number of aryl methyl sites for hydroxylation is 2. The smallest absolute Gasteiger partial charge is 0.261 e. The lowest BCUT2D eigenvalue weighted by Gasteiger charge is -2.04. The molecule has 0 radical (unpaired) electrons. The van der Waals surface area contributed by atoms with E-state index in [1.165, 1.54) is 16.0 Å². The van der Waals surface area contributed by atoms with Gasteiger partial charge in [-0.25, -0.2) is 0 Å². The molecule has 1 aromatic carbocycles. The second-order valence-electron chi connectivity index (χ2n) is 4.60. The second-order valence-corrected chi connectivity index (χ2v) is 5.85. The number of rotatable bonds is 4. The molecule has 4 heteroatoms. The molecule has 0 aliphatic rings. The molecule has 19 heavy (non-hydrogen) atoms. The third kappa shape index (κ3) is 3.58. The van der Waals surface area contributed by atoms with Crippen molar-refractivity contribution < 1.29 is 4.79 Å². The molecule has 0 spiro atoms. The molecule has 0 aliphatic carbocycles. The summed E-state index contributed by atoms with van der Waals surface area (Å²) in [5.74, 6) is 0.0108. The van der Waals surface area contributed by atoms with E-state index in [9.17, 15) is 4.79 Å². The minimum atomic E-state index is 0.0108. The van der Waals surface area contributed by atoms with Crippen LogP contribution >= 0.6 is 11.3 Å². The van der Waals surface area contributed by atoms with E-state index >= 15 is 0 Å². The van der Waals surface area contributed by atoms with E-state index in [-0.39, 0.29) is 5.91 Å². The highest BCUT2D eigenvalue weighted by molar-refractivity contribution is 7.14. The molecule has 100 valence electrons. The van der Waals surface area contributed by atoms with Crippen molar-refractivity contribution >= 4 is 22.9 Å². The van der Waals surface area contributed by atoms with Gasteiger partial charge >= 0.3 is 0 Å². The van der Waals surface area contributed by atoms with Crippen molar-refractivity contribution in [3.63, 3.8) is 0 Å². The lowest BCUT2D eigenvalue weighted by molar-refractivity contribution is 0.0958. The van der Waals surface area contributed by atoms with E-state index in [4.69, 9.17) is 5.73 Å². The molecule has 2 rings (SSSR count). The lowest BCUT2D eigenvalue weighted by atomic mass is 10.1. The van der Waals surface area contributed by atoms with Crippen LogP contribution < -0.4 is 11.1 Å². The molecule has 1 amide bonds. The number of nitrogen functional groups attached to an aromatic ring is 1. The van der Waals surface area contributed by atoms with Crippen LogP contribution in [0.1, 0.15) is 25.7 Å². The Bertz CT molecular complexity index is 553. The maximum atomic E-state index is 11.9. The van der Waals surface area contributed by atoms with Gasteiger partial charge in [0.1, 0.15) is 0 Å². The summed E-state index contributed by atoms with van der Waals surface area (Å²) in [6, 6.07) is 9.67. The Morgan fingerprint density at radius 1 is 1.26 bits per heavy atom. The first-order valence-electron chi connectivity index (χ1n) is 6.26. The molecule has 0 aliphatic heterocycles. The summed E-state index contributed by atoms with van der Waals surface area (Å²) < 4.78 is 0. The lowest BCUT2D eigenvalue weighted by Crippen LogP contribution is -2.24. The Kier molecular flexibility index (Phi) is 4.22. The predicted molar refractivity (Wildman–Crippen MR) is 80.7 cm³/mol. The van der Waals surface area contributed by atoms with Gasteiger partial charge in [0.2, 0.25) is 0 Å². The number of nitrogens with two attached hydrogens (primary N) is 1. The van der Waals surface area contributed by atoms with E-state index in [1.807, 2.05) is 44.2 Å². The van der Waals surface area contributed by atoms with Gasteiger partial charge in [0.05, 0.1) is 4.88 Å². The molecular formula is C15H18N2OS. The molecule has 0 fully saturated rings. The van der Waals surface area contributed by atoms with Crippen molar-refractivity contribution in [2.24, 2.45) is 0 Å². The second kappa shape index (κ2) is 5.89. The normalized spacial score (nSPS) is 10.4. The fraction of sp³-hybridized carbons (Fsp3) is 0.267. The van der Waals surface area contributed by atoms with Crippen LogP contribution in [0.3, 0.4) is 0 Å². The summed E-state index contributed by atoms with van der Waals surface area (Å²) >= 11 is 1.54. The van der Waals surface area contributed by atoms with Crippen LogP contribution in [0.25, 0.3) is 0 Å². The van der Waals surface area contributed by atoms with E-state index in [2.05, 4.69) is 5.32 Å². The van der Waals surface area contributed by atoms with E-state index < -0.39 is 0 Å². The molecule has 0 atom stereocenters. The monoisotopic (exact) mass is 274 g/mol. The van der Waals surface area contributed by atoms with Crippen LogP contribution in [0.5, 0.6) is 0 Å². The van der Waals surface area contributed by atoms with Crippen LogP contribution in [-0.4, -0.2) is 12.5 Å². The van der Waals surface area contributed by atoms with Crippen molar-refractivity contribution in [3.05, 3.63) is 51.2 Å². The highest BCUT2D eigenvalue weighted by Gasteiger charge is 2.09. The van der Waals surface area contributed by atoms with Crippen LogP contribution in [-0.2, 0) is 6.42 Å². The summed E-state index contributed by atoms with van der Waals surface area (Å²) in [6.45, 7) is 4.70. The van der Waals surface area contributed by atoms with Crippen molar-refractivity contribution in [2.45, 2.75) is 20.3 Å². The maximum absolute atomic E-state index is 11.9. The van der Waals surface area contributed by atoms with Gasteiger partial charge in [-0.05, 0) is 49.6 Å². The Morgan fingerprint density at radius 3 is 2.53 bits per heavy atom. The van der Waals surface area contributed by atoms with Crippen molar-refractivity contribution in [3.8, 4) is 0 Å². The minimum absolute atomic E-state index is 0.0108. The van der Waals surface area contributed by atoms with Crippen LogP contribution in [0.2, 0.25) is 0 Å². The number of anilines is 1. The molecule has 2 aromatic rings. The van der Waals surface area contributed by atoms with Gasteiger partial charge in [-0.15, -0.1) is 11.3 Å². The first-order chi connectivity index (χ1) is 9.06. The summed E-state index contributed by atoms with van der Waals surface area (Å²) in [7, 11) is 0. The predicted octanol–water partition coefficient (Wildman–Crippen LogP) is 2.92. The Balaban J connectivity index is 1.85. The van der Waals surface area contributed by atoms with Crippen LogP contribution in [0.15, 0.2) is 30.3 Å². The number of hydrogen-bond donors (Lipinski definition) is 2. The minimum Gasteiger partial charge on any atom is -0.399 e. The summed E-state index contributed by atoms with van der Waals surface area (Å²) in [6.07, 6.45) is 0.815. The largest absolute Gasteiger partial charge is 0.399 e. The summed E-state index contributed by atoms with van der Waals surface area (Å²) in [5.41, 5.74) is 8.74. The Hall–Kier alpha value is -1.81. The number of carbonyl (C=O) groups is 1. The summed E-state index contributed by atoms with van der Waals surface area (Å²) in [4.78, 5) is 13.9. The maximum Gasteiger partial charge on any atom is 0.261 e. The zero-order chi connectivity index (χ0) is 13.8. The third-order valence-electron chi connectivity index (χ3n) is 3.07. The van der Waals surface area contributed by atoms with E-state index in [0.29, 0.717) is 6.54 Å². The first kappa shape index (κ1) is 13.6. The van der Waals surface area contributed by atoms with Gasteiger partial charge in [-0.3, -0.25) is 4.79 Å². The summed E-state index contributed by atoms with van der Waals surface area (Å²) in [5, 5.41) is 2.94. The van der Waals surface area contributed by atoms with Gasteiger partial charge in [-0.2, -0.15) is 0 Å². The topological polar surface area (TPSA) is 55.1 Å².